The van der Waals surface area contributed by atoms with E-state index in [4.69, 9.17) is 4.74 Å². The number of nitro benzene ring substituents is 1. The number of benzene rings is 1. The van der Waals surface area contributed by atoms with Gasteiger partial charge in [-0.25, -0.2) is 0 Å². The highest BCUT2D eigenvalue weighted by Crippen LogP contribution is 2.22. The first-order chi connectivity index (χ1) is 9.11. The molecular weight excluding hydrogens is 250 g/mol. The number of nitrogens with zero attached hydrogens (tertiary/aromatic N) is 1. The molecule has 0 aliphatic carbocycles. The van der Waals surface area contributed by atoms with E-state index >= 15 is 0 Å². The van der Waals surface area contributed by atoms with Crippen LogP contribution in [0.2, 0.25) is 0 Å². The van der Waals surface area contributed by atoms with Crippen LogP contribution in [0.4, 0.5) is 11.4 Å². The number of rotatable bonds is 4. The van der Waals surface area contributed by atoms with Gasteiger partial charge in [-0.1, -0.05) is 0 Å². The van der Waals surface area contributed by atoms with E-state index in [0.717, 1.165) is 6.42 Å². The molecule has 102 valence electrons. The number of carbonyl (C=O) groups is 1. The molecular formula is C12H15N3O4. The third kappa shape index (κ3) is 3.00. The maximum Gasteiger partial charge on any atom is 0.282 e. The molecule has 1 atom stereocenters. The third-order valence-corrected chi connectivity index (χ3v) is 2.99. The Hall–Kier alpha value is -2.15. The minimum absolute atomic E-state index is 0.0590. The van der Waals surface area contributed by atoms with Crippen LogP contribution in [-0.2, 0) is 4.74 Å². The minimum Gasteiger partial charge on any atom is -0.388 e. The van der Waals surface area contributed by atoms with Gasteiger partial charge in [-0.15, -0.1) is 0 Å². The molecule has 0 radical (unpaired) electrons. The number of nitrogens with one attached hydrogen (secondary N) is 2. The lowest BCUT2D eigenvalue weighted by atomic mass is 10.1. The van der Waals surface area contributed by atoms with E-state index in [1.54, 1.807) is 13.1 Å². The van der Waals surface area contributed by atoms with Crippen molar-refractivity contribution in [3.63, 3.8) is 0 Å². The Labute approximate surface area is 110 Å². The van der Waals surface area contributed by atoms with Crippen molar-refractivity contribution in [3.8, 4) is 0 Å². The highest BCUT2D eigenvalue weighted by Gasteiger charge is 2.24. The summed E-state index contributed by atoms with van der Waals surface area (Å²) in [6, 6.07) is 4.29. The molecule has 1 saturated heterocycles. The minimum atomic E-state index is -0.556. The second kappa shape index (κ2) is 5.66. The van der Waals surface area contributed by atoms with Gasteiger partial charge in [-0.3, -0.25) is 14.9 Å². The maximum absolute atomic E-state index is 12.1. The number of anilines is 1. The first kappa shape index (κ1) is 13.3. The average molecular weight is 265 g/mol. The van der Waals surface area contributed by atoms with E-state index in [9.17, 15) is 14.9 Å². The number of ether oxygens (including phenoxy) is 1. The fourth-order valence-electron chi connectivity index (χ4n) is 1.94. The number of amides is 1. The molecule has 1 aromatic rings. The van der Waals surface area contributed by atoms with Crippen LogP contribution in [0, 0.1) is 10.1 Å². The van der Waals surface area contributed by atoms with Gasteiger partial charge in [-0.05, 0) is 18.6 Å². The summed E-state index contributed by atoms with van der Waals surface area (Å²) in [5.74, 6) is -0.445. The summed E-state index contributed by atoms with van der Waals surface area (Å²) in [6.07, 6.45) is 0.727. The van der Waals surface area contributed by atoms with Crippen molar-refractivity contribution in [2.45, 2.75) is 12.5 Å². The Bertz CT molecular complexity index is 498. The molecule has 0 bridgehead atoms. The molecule has 19 heavy (non-hydrogen) atoms. The molecule has 1 amide bonds. The molecule has 1 aromatic carbocycles. The highest BCUT2D eigenvalue weighted by atomic mass is 16.6. The largest absolute Gasteiger partial charge is 0.388 e. The van der Waals surface area contributed by atoms with Crippen molar-refractivity contribution in [2.75, 3.05) is 25.6 Å². The predicted octanol–water partition coefficient (Wildman–Crippen LogP) is 1.16. The number of nitro groups is 1. The van der Waals surface area contributed by atoms with E-state index in [0.29, 0.717) is 18.9 Å². The number of hydrogen-bond donors (Lipinski definition) is 2. The van der Waals surface area contributed by atoms with Crippen LogP contribution in [0.3, 0.4) is 0 Å². The summed E-state index contributed by atoms with van der Waals surface area (Å²) in [4.78, 5) is 22.5. The molecule has 0 aromatic heterocycles. The van der Waals surface area contributed by atoms with Gasteiger partial charge in [-0.2, -0.15) is 0 Å². The summed E-state index contributed by atoms with van der Waals surface area (Å²) < 4.78 is 5.16. The molecule has 7 nitrogen and oxygen atoms in total. The standard InChI is InChI=1S/C12H15N3O4/c1-13-8-2-3-11(15(17)18)10(6-8)12(16)14-9-4-5-19-7-9/h2-3,6,9,13H,4-5,7H2,1H3,(H,14,16). The van der Waals surface area contributed by atoms with Crippen molar-refractivity contribution >= 4 is 17.3 Å². The molecule has 1 fully saturated rings. The summed E-state index contributed by atoms with van der Waals surface area (Å²) in [5, 5.41) is 16.5. The molecule has 1 unspecified atom stereocenters. The topological polar surface area (TPSA) is 93.5 Å². The summed E-state index contributed by atoms with van der Waals surface area (Å²) >= 11 is 0. The quantitative estimate of drug-likeness (QED) is 0.629. The fraction of sp³-hybridized carbons (Fsp3) is 0.417. The van der Waals surface area contributed by atoms with E-state index in [-0.39, 0.29) is 17.3 Å². The lowest BCUT2D eigenvalue weighted by Gasteiger charge is -2.11. The first-order valence-electron chi connectivity index (χ1n) is 5.96. The lowest BCUT2D eigenvalue weighted by molar-refractivity contribution is -0.385. The van der Waals surface area contributed by atoms with Crippen LogP contribution in [0.5, 0.6) is 0 Å². The Balaban J connectivity index is 2.24. The van der Waals surface area contributed by atoms with E-state index in [1.807, 2.05) is 0 Å². The van der Waals surface area contributed by atoms with Gasteiger partial charge in [0.2, 0.25) is 0 Å². The van der Waals surface area contributed by atoms with Gasteiger partial charge >= 0.3 is 0 Å². The Morgan fingerprint density at radius 3 is 2.89 bits per heavy atom. The highest BCUT2D eigenvalue weighted by molar-refractivity contribution is 5.99. The van der Waals surface area contributed by atoms with Crippen LogP contribution in [0.25, 0.3) is 0 Å². The van der Waals surface area contributed by atoms with Gasteiger partial charge in [0.05, 0.1) is 17.6 Å². The van der Waals surface area contributed by atoms with Crippen molar-refractivity contribution in [3.05, 3.63) is 33.9 Å². The molecule has 2 N–H and O–H groups in total. The second-order valence-corrected chi connectivity index (χ2v) is 4.27. The van der Waals surface area contributed by atoms with E-state index in [2.05, 4.69) is 10.6 Å². The number of hydrogen-bond acceptors (Lipinski definition) is 5. The van der Waals surface area contributed by atoms with Crippen LogP contribution in [0.15, 0.2) is 18.2 Å². The first-order valence-corrected chi connectivity index (χ1v) is 5.96. The van der Waals surface area contributed by atoms with Crippen LogP contribution < -0.4 is 10.6 Å². The van der Waals surface area contributed by atoms with E-state index < -0.39 is 10.8 Å². The normalized spacial score (nSPS) is 18.1. The molecule has 1 aliphatic heterocycles. The van der Waals surface area contributed by atoms with Crippen LogP contribution in [-0.4, -0.2) is 37.1 Å². The Kier molecular flexibility index (Phi) is 3.96. The third-order valence-electron chi connectivity index (χ3n) is 2.99. The molecule has 7 heteroatoms. The van der Waals surface area contributed by atoms with Crippen molar-refractivity contribution in [1.82, 2.24) is 5.32 Å². The van der Waals surface area contributed by atoms with Gasteiger partial charge < -0.3 is 15.4 Å². The van der Waals surface area contributed by atoms with E-state index in [1.165, 1.54) is 12.1 Å². The summed E-state index contributed by atoms with van der Waals surface area (Å²) in [5.41, 5.74) is 0.512. The van der Waals surface area contributed by atoms with Gasteiger partial charge in [0.1, 0.15) is 5.56 Å². The molecule has 1 aliphatic rings. The zero-order valence-electron chi connectivity index (χ0n) is 10.5. The number of carbonyl (C=O) groups excluding carboxylic acids is 1. The lowest BCUT2D eigenvalue weighted by Crippen LogP contribution is -2.35. The van der Waals surface area contributed by atoms with Gasteiger partial charge in [0.25, 0.3) is 11.6 Å². The zero-order valence-corrected chi connectivity index (χ0v) is 10.5. The fourth-order valence-corrected chi connectivity index (χ4v) is 1.94. The monoisotopic (exact) mass is 265 g/mol. The Morgan fingerprint density at radius 1 is 1.53 bits per heavy atom. The molecule has 0 saturated carbocycles. The van der Waals surface area contributed by atoms with Crippen LogP contribution >= 0.6 is 0 Å². The average Bonchev–Trinajstić information content (AvgIpc) is 2.90. The molecule has 1 heterocycles. The Morgan fingerprint density at radius 2 is 2.32 bits per heavy atom. The van der Waals surface area contributed by atoms with Gasteiger partial charge in [0.15, 0.2) is 0 Å². The van der Waals surface area contributed by atoms with Crippen molar-refractivity contribution in [1.29, 1.82) is 0 Å². The van der Waals surface area contributed by atoms with Crippen molar-refractivity contribution < 1.29 is 14.5 Å². The predicted molar refractivity (Wildman–Crippen MR) is 69.3 cm³/mol. The van der Waals surface area contributed by atoms with Crippen LogP contribution in [0.1, 0.15) is 16.8 Å². The second-order valence-electron chi connectivity index (χ2n) is 4.27. The maximum atomic E-state index is 12.1. The summed E-state index contributed by atoms with van der Waals surface area (Å²) in [7, 11) is 1.69. The molecule has 0 spiro atoms. The zero-order chi connectivity index (χ0) is 13.8. The smallest absolute Gasteiger partial charge is 0.282 e. The SMILES string of the molecule is CNc1ccc([N+](=O)[O-])c(C(=O)NC2CCOC2)c1. The van der Waals surface area contributed by atoms with Gasteiger partial charge in [0, 0.05) is 25.4 Å². The summed E-state index contributed by atoms with van der Waals surface area (Å²) in [6.45, 7) is 1.05. The van der Waals surface area contributed by atoms with Crippen molar-refractivity contribution in [2.24, 2.45) is 0 Å². The molecule has 2 rings (SSSR count).